The van der Waals surface area contributed by atoms with Gasteiger partial charge in [0, 0.05) is 22.3 Å². The second kappa shape index (κ2) is 6.79. The summed E-state index contributed by atoms with van der Waals surface area (Å²) in [5.41, 5.74) is 7.15. The molecule has 0 saturated heterocycles. The van der Waals surface area contributed by atoms with Crippen LogP contribution in [0.2, 0.25) is 0 Å². The second-order valence-corrected chi connectivity index (χ2v) is 7.94. The Morgan fingerprint density at radius 1 is 1.43 bits per heavy atom. The second-order valence-electron chi connectivity index (χ2n) is 6.72. The number of nitrogens with one attached hydrogen (secondary N) is 1. The molecule has 0 aromatic carbocycles. The Morgan fingerprint density at radius 2 is 2.14 bits per heavy atom. The molecule has 1 aromatic heterocycles. The lowest BCUT2D eigenvalue weighted by molar-refractivity contribution is 0.0524. The lowest BCUT2D eigenvalue weighted by Crippen LogP contribution is -2.40. The van der Waals surface area contributed by atoms with E-state index in [1.807, 2.05) is 32.1 Å². The monoisotopic (exact) mass is 310 g/mol. The van der Waals surface area contributed by atoms with Crippen molar-refractivity contribution >= 4 is 17.4 Å². The predicted octanol–water partition coefficient (Wildman–Crippen LogP) is 3.02. The number of carbonyl (C=O) groups is 1. The first-order chi connectivity index (χ1) is 9.83. The minimum Gasteiger partial charge on any atom is -0.444 e. The minimum atomic E-state index is -0.471. The highest BCUT2D eigenvalue weighted by molar-refractivity contribution is 7.12. The standard InChI is InChI=1S/C16H26N2O2S/c1-16(2,3)20-15(19)18-10-12(17)9-13-8-11-6-4-5-7-14(11)21-13/h8,12H,4-7,9-10,17H2,1-3H3,(H,18,19). The zero-order valence-electron chi connectivity index (χ0n) is 13.2. The highest BCUT2D eigenvalue weighted by Crippen LogP contribution is 2.30. The van der Waals surface area contributed by atoms with Gasteiger partial charge in [-0.1, -0.05) is 0 Å². The number of alkyl carbamates (subject to hydrolysis) is 1. The number of nitrogens with two attached hydrogens (primary N) is 1. The summed E-state index contributed by atoms with van der Waals surface area (Å²) in [5.74, 6) is 0. The molecule has 1 aliphatic carbocycles. The summed E-state index contributed by atoms with van der Waals surface area (Å²) in [5, 5.41) is 2.74. The van der Waals surface area contributed by atoms with Crippen molar-refractivity contribution in [1.82, 2.24) is 5.32 Å². The van der Waals surface area contributed by atoms with E-state index in [2.05, 4.69) is 11.4 Å². The first-order valence-corrected chi connectivity index (χ1v) is 8.48. The summed E-state index contributed by atoms with van der Waals surface area (Å²) in [7, 11) is 0. The van der Waals surface area contributed by atoms with Crippen molar-refractivity contribution in [2.24, 2.45) is 5.73 Å². The van der Waals surface area contributed by atoms with Crippen LogP contribution in [0.3, 0.4) is 0 Å². The van der Waals surface area contributed by atoms with Gasteiger partial charge in [0.1, 0.15) is 5.60 Å². The molecule has 2 rings (SSSR count). The van der Waals surface area contributed by atoms with Crippen LogP contribution in [0.4, 0.5) is 4.79 Å². The Balaban J connectivity index is 1.78. The van der Waals surface area contributed by atoms with E-state index in [1.54, 1.807) is 0 Å². The highest BCUT2D eigenvalue weighted by atomic mass is 32.1. The van der Waals surface area contributed by atoms with Crippen molar-refractivity contribution in [3.63, 3.8) is 0 Å². The molecule has 1 unspecified atom stereocenters. The van der Waals surface area contributed by atoms with Crippen LogP contribution in [0.1, 0.15) is 48.9 Å². The molecule has 5 heteroatoms. The van der Waals surface area contributed by atoms with Crippen molar-refractivity contribution in [3.05, 3.63) is 21.4 Å². The van der Waals surface area contributed by atoms with Gasteiger partial charge >= 0.3 is 6.09 Å². The van der Waals surface area contributed by atoms with Crippen molar-refractivity contribution in [2.75, 3.05) is 6.54 Å². The fraction of sp³-hybridized carbons (Fsp3) is 0.688. The number of aryl methyl sites for hydroxylation is 2. The van der Waals surface area contributed by atoms with Gasteiger partial charge in [0.25, 0.3) is 0 Å². The van der Waals surface area contributed by atoms with E-state index in [1.165, 1.54) is 41.0 Å². The van der Waals surface area contributed by atoms with Gasteiger partial charge in [0.15, 0.2) is 0 Å². The molecule has 1 aromatic rings. The van der Waals surface area contributed by atoms with Crippen LogP contribution in [-0.4, -0.2) is 24.3 Å². The molecule has 1 atom stereocenters. The maximum atomic E-state index is 11.6. The van der Waals surface area contributed by atoms with E-state index < -0.39 is 11.7 Å². The Bertz CT molecular complexity index is 467. The molecule has 0 radical (unpaired) electrons. The number of ether oxygens (including phenoxy) is 1. The first-order valence-electron chi connectivity index (χ1n) is 7.66. The molecule has 0 spiro atoms. The Kier molecular flexibility index (Phi) is 5.27. The van der Waals surface area contributed by atoms with Crippen LogP contribution < -0.4 is 11.1 Å². The summed E-state index contributed by atoms with van der Waals surface area (Å²) in [6.07, 6.45) is 5.44. The normalized spacial score (nSPS) is 16.2. The van der Waals surface area contributed by atoms with E-state index in [4.69, 9.17) is 10.5 Å². The number of carbonyl (C=O) groups excluding carboxylic acids is 1. The molecule has 1 aliphatic rings. The van der Waals surface area contributed by atoms with Gasteiger partial charge in [0.2, 0.25) is 0 Å². The van der Waals surface area contributed by atoms with Crippen LogP contribution in [0, 0.1) is 0 Å². The van der Waals surface area contributed by atoms with Crippen LogP contribution in [0.25, 0.3) is 0 Å². The van der Waals surface area contributed by atoms with Crippen molar-refractivity contribution in [1.29, 1.82) is 0 Å². The summed E-state index contributed by atoms with van der Waals surface area (Å²) >= 11 is 1.88. The Hall–Kier alpha value is -1.07. The fourth-order valence-corrected chi connectivity index (χ4v) is 3.87. The molecule has 0 saturated carbocycles. The number of rotatable bonds is 4. The number of amides is 1. The van der Waals surface area contributed by atoms with Gasteiger partial charge in [0.05, 0.1) is 0 Å². The molecular weight excluding hydrogens is 284 g/mol. The van der Waals surface area contributed by atoms with Gasteiger partial charge in [-0.2, -0.15) is 0 Å². The molecule has 0 fully saturated rings. The van der Waals surface area contributed by atoms with E-state index in [9.17, 15) is 4.79 Å². The zero-order valence-corrected chi connectivity index (χ0v) is 14.0. The number of hydrogen-bond donors (Lipinski definition) is 2. The summed E-state index contributed by atoms with van der Waals surface area (Å²) in [6, 6.07) is 2.23. The number of thiophene rings is 1. The summed E-state index contributed by atoms with van der Waals surface area (Å²) in [4.78, 5) is 14.5. The van der Waals surface area contributed by atoms with Gasteiger partial charge in [-0.3, -0.25) is 0 Å². The van der Waals surface area contributed by atoms with Crippen LogP contribution >= 0.6 is 11.3 Å². The molecule has 21 heavy (non-hydrogen) atoms. The smallest absolute Gasteiger partial charge is 0.407 e. The van der Waals surface area contributed by atoms with Crippen LogP contribution in [0.15, 0.2) is 6.07 Å². The lowest BCUT2D eigenvalue weighted by atomic mass is 9.99. The number of fused-ring (bicyclic) bond motifs is 1. The predicted molar refractivity (Wildman–Crippen MR) is 86.9 cm³/mol. The lowest BCUT2D eigenvalue weighted by Gasteiger charge is -2.20. The molecule has 118 valence electrons. The SMILES string of the molecule is CC(C)(C)OC(=O)NCC(N)Cc1cc2c(s1)CCCC2. The fourth-order valence-electron chi connectivity index (χ4n) is 2.51. The third-order valence-electron chi connectivity index (χ3n) is 3.42. The van der Waals surface area contributed by atoms with Crippen LogP contribution in [0.5, 0.6) is 0 Å². The average Bonchev–Trinajstić information content (AvgIpc) is 2.76. The van der Waals surface area contributed by atoms with Crippen molar-refractivity contribution in [2.45, 2.75) is 64.5 Å². The number of hydrogen-bond acceptors (Lipinski definition) is 4. The van der Waals surface area contributed by atoms with Crippen molar-refractivity contribution < 1.29 is 9.53 Å². The summed E-state index contributed by atoms with van der Waals surface area (Å²) < 4.78 is 5.20. The van der Waals surface area contributed by atoms with E-state index in [-0.39, 0.29) is 6.04 Å². The van der Waals surface area contributed by atoms with E-state index in [0.717, 1.165) is 6.42 Å². The Morgan fingerprint density at radius 3 is 2.81 bits per heavy atom. The average molecular weight is 310 g/mol. The minimum absolute atomic E-state index is 0.0716. The third kappa shape index (κ3) is 5.32. The third-order valence-corrected chi connectivity index (χ3v) is 4.68. The highest BCUT2D eigenvalue weighted by Gasteiger charge is 2.18. The molecule has 0 aliphatic heterocycles. The molecule has 0 bridgehead atoms. The van der Waals surface area contributed by atoms with Gasteiger partial charge in [-0.15, -0.1) is 11.3 Å². The van der Waals surface area contributed by atoms with Gasteiger partial charge in [-0.05, 0) is 64.5 Å². The van der Waals surface area contributed by atoms with Gasteiger partial charge in [-0.25, -0.2) is 4.79 Å². The molecule has 1 heterocycles. The van der Waals surface area contributed by atoms with Crippen LogP contribution in [-0.2, 0) is 24.0 Å². The van der Waals surface area contributed by atoms with E-state index >= 15 is 0 Å². The topological polar surface area (TPSA) is 64.3 Å². The van der Waals surface area contributed by atoms with Crippen molar-refractivity contribution in [3.8, 4) is 0 Å². The molecule has 4 nitrogen and oxygen atoms in total. The largest absolute Gasteiger partial charge is 0.444 e. The van der Waals surface area contributed by atoms with Gasteiger partial charge < -0.3 is 15.8 Å². The van der Waals surface area contributed by atoms with E-state index in [0.29, 0.717) is 6.54 Å². The molecular formula is C16H26N2O2S. The maximum Gasteiger partial charge on any atom is 0.407 e. The first kappa shape index (κ1) is 16.3. The quantitative estimate of drug-likeness (QED) is 0.898. The zero-order chi connectivity index (χ0) is 15.5. The maximum absolute atomic E-state index is 11.6. The Labute approximate surface area is 131 Å². The molecule has 1 amide bonds. The summed E-state index contributed by atoms with van der Waals surface area (Å²) in [6.45, 7) is 5.99. The molecule has 3 N–H and O–H groups in total.